The molecule has 1 aromatic rings. The first-order chi connectivity index (χ1) is 14.4. The molecule has 1 aromatic carbocycles. The number of aromatic hydroxyl groups is 1. The van der Waals surface area contributed by atoms with E-state index in [9.17, 15) is 5.11 Å². The molecule has 0 heterocycles. The summed E-state index contributed by atoms with van der Waals surface area (Å²) in [6.45, 7) is 16.8. The molecule has 0 amide bonds. The topological polar surface area (TPSA) is 57.2 Å². The fourth-order valence-electron chi connectivity index (χ4n) is 3.05. The molecule has 0 fully saturated rings. The van der Waals surface area contributed by atoms with E-state index in [1.54, 1.807) is 14.2 Å². The Morgan fingerprint density at radius 1 is 1.16 bits per heavy atom. The second kappa shape index (κ2) is 12.4. The van der Waals surface area contributed by atoms with Crippen LogP contribution in [0.25, 0.3) is 0 Å². The van der Waals surface area contributed by atoms with Crippen molar-refractivity contribution < 1.29 is 23.7 Å². The minimum atomic E-state index is -1.69. The lowest BCUT2D eigenvalue weighted by atomic mass is 9.99. The number of allylic oxidation sites excluding steroid dienone is 2. The molecule has 178 valence electrons. The van der Waals surface area contributed by atoms with Crippen molar-refractivity contribution in [1.29, 1.82) is 0 Å². The van der Waals surface area contributed by atoms with Crippen LogP contribution in [0, 0.1) is 6.92 Å². The number of halogens is 1. The second-order valence-electron chi connectivity index (χ2n) is 9.50. The monoisotopic (exact) mass is 516 g/mol. The molecule has 1 N–H and O–H groups in total. The quantitative estimate of drug-likeness (QED) is 0.142. The van der Waals surface area contributed by atoms with E-state index in [1.807, 2.05) is 6.92 Å². The van der Waals surface area contributed by atoms with Crippen molar-refractivity contribution in [2.75, 3.05) is 27.6 Å². The molecule has 0 radical (unpaired) electrons. The molecule has 0 bridgehead atoms. The molecule has 7 heteroatoms. The van der Waals surface area contributed by atoms with Crippen molar-refractivity contribution in [3.05, 3.63) is 32.8 Å². The van der Waals surface area contributed by atoms with Crippen LogP contribution in [0.4, 0.5) is 0 Å². The molecule has 0 spiro atoms. The minimum absolute atomic E-state index is 0.192. The summed E-state index contributed by atoms with van der Waals surface area (Å²) in [5.74, 6) is 0.894. The second-order valence-corrected chi connectivity index (χ2v) is 15.1. The van der Waals surface area contributed by atoms with Gasteiger partial charge in [0.15, 0.2) is 8.32 Å². The Kier molecular flexibility index (Phi) is 11.3. The van der Waals surface area contributed by atoms with Gasteiger partial charge in [-0.05, 0) is 72.7 Å². The maximum Gasteiger partial charge on any atom is 0.191 e. The largest absolute Gasteiger partial charge is 0.506 e. The number of rotatable bonds is 12. The van der Waals surface area contributed by atoms with Crippen LogP contribution in [0.15, 0.2) is 16.1 Å². The lowest BCUT2D eigenvalue weighted by molar-refractivity contribution is -0.0394. The number of hydrogen-bond acceptors (Lipinski definition) is 5. The Hall–Kier alpha value is -0.863. The van der Waals surface area contributed by atoms with Crippen LogP contribution in [0.1, 0.15) is 57.2 Å². The number of hydrogen-bond donors (Lipinski definition) is 1. The molecule has 1 rings (SSSR count). The van der Waals surface area contributed by atoms with Gasteiger partial charge in [-0.1, -0.05) is 32.4 Å². The third-order valence-electron chi connectivity index (χ3n) is 6.12. The van der Waals surface area contributed by atoms with Gasteiger partial charge in [-0.2, -0.15) is 0 Å². The zero-order valence-corrected chi connectivity index (χ0v) is 23.4. The highest BCUT2D eigenvalue weighted by Gasteiger charge is 2.36. The van der Waals surface area contributed by atoms with Gasteiger partial charge < -0.3 is 23.7 Å². The first-order valence-electron chi connectivity index (χ1n) is 10.8. The predicted octanol–water partition coefficient (Wildman–Crippen LogP) is 6.88. The summed E-state index contributed by atoms with van der Waals surface area (Å²) in [7, 11) is 1.52. The van der Waals surface area contributed by atoms with Crippen LogP contribution in [-0.2, 0) is 26.9 Å². The first-order valence-corrected chi connectivity index (χ1v) is 14.5. The smallest absolute Gasteiger partial charge is 0.191 e. The van der Waals surface area contributed by atoms with Gasteiger partial charge in [-0.15, -0.1) is 0 Å². The fourth-order valence-corrected chi connectivity index (χ4v) is 4.79. The maximum absolute atomic E-state index is 10.8. The normalized spacial score (nSPS) is 13.0. The van der Waals surface area contributed by atoms with E-state index >= 15 is 0 Å². The summed E-state index contributed by atoms with van der Waals surface area (Å²) in [5.41, 5.74) is 3.87. The summed E-state index contributed by atoms with van der Waals surface area (Å²) in [4.78, 5) is 0. The molecule has 0 aromatic heterocycles. The predicted molar refractivity (Wildman–Crippen MR) is 134 cm³/mol. The number of methoxy groups -OCH3 is 2. The van der Waals surface area contributed by atoms with Crippen molar-refractivity contribution in [3.8, 4) is 11.5 Å². The van der Waals surface area contributed by atoms with E-state index in [1.165, 1.54) is 5.57 Å². The zero-order chi connectivity index (χ0) is 23.8. The van der Waals surface area contributed by atoms with Crippen LogP contribution >= 0.6 is 15.9 Å². The first kappa shape index (κ1) is 28.2. The van der Waals surface area contributed by atoms with Gasteiger partial charge in [0.25, 0.3) is 0 Å². The Morgan fingerprint density at radius 3 is 2.35 bits per heavy atom. The van der Waals surface area contributed by atoms with E-state index in [-0.39, 0.29) is 17.6 Å². The molecule has 0 saturated carbocycles. The van der Waals surface area contributed by atoms with Crippen LogP contribution in [-0.4, -0.2) is 41.0 Å². The van der Waals surface area contributed by atoms with Crippen molar-refractivity contribution in [3.63, 3.8) is 0 Å². The van der Waals surface area contributed by atoms with Gasteiger partial charge >= 0.3 is 0 Å². The van der Waals surface area contributed by atoms with E-state index in [4.69, 9.17) is 18.6 Å². The summed E-state index contributed by atoms with van der Waals surface area (Å²) >= 11 is 3.53. The SMILES string of the molecule is COCOCc1c(C)c(OC)c(C/C=C(\C)CCCO[Si](C)(C)C(C)(C)C)c(O)c1Br. The number of ether oxygens (including phenoxy) is 3. The molecule has 31 heavy (non-hydrogen) atoms. The highest BCUT2D eigenvalue weighted by molar-refractivity contribution is 9.10. The Bertz CT molecular complexity index is 754. The maximum atomic E-state index is 10.8. The zero-order valence-electron chi connectivity index (χ0n) is 20.8. The standard InChI is InChI=1S/C24H41BrO5Si/c1-17(11-10-14-30-31(8,9)24(3,4)5)12-13-19-22(26)21(25)20(15-29-16-27-6)18(2)23(19)28-7/h12,26H,10-11,13-16H2,1-9H3/b17-12+. The van der Waals surface area contributed by atoms with E-state index in [0.717, 1.165) is 36.1 Å². The highest BCUT2D eigenvalue weighted by atomic mass is 79.9. The Morgan fingerprint density at radius 2 is 1.81 bits per heavy atom. The van der Waals surface area contributed by atoms with Crippen molar-refractivity contribution in [2.24, 2.45) is 0 Å². The highest BCUT2D eigenvalue weighted by Crippen LogP contribution is 2.42. The van der Waals surface area contributed by atoms with Gasteiger partial charge in [0, 0.05) is 24.8 Å². The summed E-state index contributed by atoms with van der Waals surface area (Å²) < 4.78 is 23.0. The average Bonchev–Trinajstić information content (AvgIpc) is 2.68. The molecule has 0 atom stereocenters. The number of phenols is 1. The lowest BCUT2D eigenvalue weighted by Gasteiger charge is -2.36. The minimum Gasteiger partial charge on any atom is -0.506 e. The van der Waals surface area contributed by atoms with Gasteiger partial charge in [0.1, 0.15) is 18.3 Å². The van der Waals surface area contributed by atoms with Crippen LogP contribution < -0.4 is 4.74 Å². The molecule has 0 aliphatic rings. The van der Waals surface area contributed by atoms with E-state index < -0.39 is 8.32 Å². The number of benzene rings is 1. The molecule has 0 saturated heterocycles. The Labute approximate surface area is 198 Å². The third-order valence-corrected chi connectivity index (χ3v) is 11.5. The van der Waals surface area contributed by atoms with Crippen LogP contribution in [0.5, 0.6) is 11.5 Å². The Balaban J connectivity index is 2.84. The van der Waals surface area contributed by atoms with Gasteiger partial charge in [-0.25, -0.2) is 0 Å². The van der Waals surface area contributed by atoms with Crippen molar-refractivity contribution >= 4 is 24.2 Å². The summed E-state index contributed by atoms with van der Waals surface area (Å²) in [6.07, 6.45) is 4.73. The average molecular weight is 518 g/mol. The summed E-state index contributed by atoms with van der Waals surface area (Å²) in [5, 5.41) is 11.0. The van der Waals surface area contributed by atoms with Crippen LogP contribution in [0.3, 0.4) is 0 Å². The fraction of sp³-hybridized carbons (Fsp3) is 0.667. The summed E-state index contributed by atoms with van der Waals surface area (Å²) in [6, 6.07) is 0. The molecule has 0 aliphatic carbocycles. The van der Waals surface area contributed by atoms with Gasteiger partial charge in [-0.3, -0.25) is 0 Å². The van der Waals surface area contributed by atoms with Crippen molar-refractivity contribution in [2.45, 2.75) is 78.6 Å². The van der Waals surface area contributed by atoms with Gasteiger partial charge in [0.2, 0.25) is 0 Å². The number of phenolic OH excluding ortho intramolecular Hbond substituents is 1. The van der Waals surface area contributed by atoms with E-state index in [0.29, 0.717) is 23.2 Å². The molecule has 0 aliphatic heterocycles. The third kappa shape index (κ3) is 7.89. The molecule has 5 nitrogen and oxygen atoms in total. The molecular weight excluding hydrogens is 476 g/mol. The molecular formula is C24H41BrO5Si. The molecule has 0 unspecified atom stereocenters. The lowest BCUT2D eigenvalue weighted by Crippen LogP contribution is -2.40. The van der Waals surface area contributed by atoms with Crippen molar-refractivity contribution in [1.82, 2.24) is 0 Å². The van der Waals surface area contributed by atoms with Crippen LogP contribution in [0.2, 0.25) is 18.1 Å². The van der Waals surface area contributed by atoms with Gasteiger partial charge in [0.05, 0.1) is 18.2 Å². The van der Waals surface area contributed by atoms with E-state index in [2.05, 4.69) is 62.8 Å².